The third-order valence-corrected chi connectivity index (χ3v) is 2.85. The highest BCUT2D eigenvalue weighted by Gasteiger charge is 2.11. The maximum atomic E-state index is 11.9. The molecule has 2 N–H and O–H groups in total. The van der Waals surface area contributed by atoms with E-state index in [0.29, 0.717) is 18.0 Å². The van der Waals surface area contributed by atoms with Crippen LogP contribution in [0.4, 0.5) is 5.69 Å². The molecule has 7 heteroatoms. The van der Waals surface area contributed by atoms with Crippen LogP contribution in [0.2, 0.25) is 0 Å². The van der Waals surface area contributed by atoms with Crippen LogP contribution < -0.4 is 10.1 Å². The number of aromatic nitrogens is 2. The van der Waals surface area contributed by atoms with Crippen molar-refractivity contribution in [2.24, 2.45) is 0 Å². The van der Waals surface area contributed by atoms with Crippen molar-refractivity contribution >= 4 is 17.6 Å². The Hall–Kier alpha value is -2.83. The fraction of sp³-hybridized carbons (Fsp3) is 0.214. The number of aryl methyl sites for hydroxylation is 1. The molecule has 0 atom stereocenters. The average molecular weight is 289 g/mol. The number of nitrogens with zero attached hydrogens (tertiary/aromatic N) is 2. The number of carbonyl (C=O) groups excluding carboxylic acids is 1. The van der Waals surface area contributed by atoms with Crippen molar-refractivity contribution in [3.8, 4) is 5.75 Å². The molecular weight excluding hydrogens is 274 g/mol. The number of nitrogens with one attached hydrogen (secondary N) is 1. The lowest BCUT2D eigenvalue weighted by molar-refractivity contribution is -0.116. The fourth-order valence-electron chi connectivity index (χ4n) is 1.80. The molecule has 0 aliphatic rings. The van der Waals surface area contributed by atoms with Crippen LogP contribution in [0.25, 0.3) is 0 Å². The van der Waals surface area contributed by atoms with Crippen molar-refractivity contribution in [3.63, 3.8) is 0 Å². The van der Waals surface area contributed by atoms with Gasteiger partial charge >= 0.3 is 5.97 Å². The Labute approximate surface area is 121 Å². The first-order valence-corrected chi connectivity index (χ1v) is 6.29. The predicted octanol–water partition coefficient (Wildman–Crippen LogP) is 1.62. The molecule has 1 aromatic carbocycles. The minimum absolute atomic E-state index is 0.0816. The topological polar surface area (TPSA) is 93.5 Å². The Balaban J connectivity index is 2.04. The minimum Gasteiger partial charge on any atom is -0.495 e. The van der Waals surface area contributed by atoms with Gasteiger partial charge in [0.05, 0.1) is 18.4 Å². The van der Waals surface area contributed by atoms with E-state index in [2.05, 4.69) is 10.4 Å². The van der Waals surface area contributed by atoms with Crippen LogP contribution in [0, 0.1) is 0 Å². The Morgan fingerprint density at radius 3 is 2.86 bits per heavy atom. The lowest BCUT2D eigenvalue weighted by Gasteiger charge is -2.11. The number of rotatable bonds is 6. The second-order valence-corrected chi connectivity index (χ2v) is 4.29. The van der Waals surface area contributed by atoms with Crippen molar-refractivity contribution in [2.75, 3.05) is 12.4 Å². The van der Waals surface area contributed by atoms with Crippen LogP contribution in [0.3, 0.4) is 0 Å². The number of carboxylic acid groups (broad SMARTS) is 1. The summed E-state index contributed by atoms with van der Waals surface area (Å²) in [7, 11) is 1.45. The van der Waals surface area contributed by atoms with Crippen molar-refractivity contribution in [1.29, 1.82) is 0 Å². The van der Waals surface area contributed by atoms with E-state index >= 15 is 0 Å². The van der Waals surface area contributed by atoms with Crippen LogP contribution in [0.5, 0.6) is 5.75 Å². The molecule has 21 heavy (non-hydrogen) atoms. The first kappa shape index (κ1) is 14.6. The summed E-state index contributed by atoms with van der Waals surface area (Å²) >= 11 is 0. The van der Waals surface area contributed by atoms with Gasteiger partial charge in [-0.05, 0) is 24.3 Å². The normalized spacial score (nSPS) is 10.1. The molecule has 0 saturated heterocycles. The second-order valence-electron chi connectivity index (χ2n) is 4.29. The number of aromatic carboxylic acids is 1. The van der Waals surface area contributed by atoms with Gasteiger partial charge in [-0.1, -0.05) is 0 Å². The zero-order valence-corrected chi connectivity index (χ0v) is 11.4. The van der Waals surface area contributed by atoms with Gasteiger partial charge in [0.25, 0.3) is 0 Å². The molecule has 1 amide bonds. The van der Waals surface area contributed by atoms with Crippen molar-refractivity contribution in [3.05, 3.63) is 42.2 Å². The molecule has 0 bridgehead atoms. The lowest BCUT2D eigenvalue weighted by Crippen LogP contribution is -2.15. The van der Waals surface area contributed by atoms with Crippen LogP contribution in [0.15, 0.2) is 36.7 Å². The number of amides is 1. The highest BCUT2D eigenvalue weighted by atomic mass is 16.5. The van der Waals surface area contributed by atoms with Gasteiger partial charge in [0.1, 0.15) is 5.75 Å². The Morgan fingerprint density at radius 2 is 2.24 bits per heavy atom. The molecule has 1 heterocycles. The SMILES string of the molecule is COc1ccc(C(=O)O)cc1NC(=O)CCn1cccn1. The van der Waals surface area contributed by atoms with E-state index in [4.69, 9.17) is 9.84 Å². The largest absolute Gasteiger partial charge is 0.495 e. The summed E-state index contributed by atoms with van der Waals surface area (Å²) in [6.45, 7) is 0.444. The van der Waals surface area contributed by atoms with Crippen molar-refractivity contribution in [2.45, 2.75) is 13.0 Å². The van der Waals surface area contributed by atoms with E-state index in [1.807, 2.05) is 0 Å². The van der Waals surface area contributed by atoms with Crippen LogP contribution in [-0.2, 0) is 11.3 Å². The number of carbonyl (C=O) groups is 2. The summed E-state index contributed by atoms with van der Waals surface area (Å²) in [5.74, 6) is -0.900. The van der Waals surface area contributed by atoms with E-state index in [1.165, 1.54) is 25.3 Å². The van der Waals surface area contributed by atoms with Crippen molar-refractivity contribution < 1.29 is 19.4 Å². The molecular formula is C14H15N3O4. The standard InChI is InChI=1S/C14H15N3O4/c1-21-12-4-3-10(14(19)20)9-11(12)16-13(18)5-8-17-7-2-6-15-17/h2-4,6-7,9H,5,8H2,1H3,(H,16,18)(H,19,20). The fourth-order valence-corrected chi connectivity index (χ4v) is 1.80. The Morgan fingerprint density at radius 1 is 1.43 bits per heavy atom. The van der Waals surface area contributed by atoms with Crippen molar-refractivity contribution in [1.82, 2.24) is 9.78 Å². The first-order valence-electron chi connectivity index (χ1n) is 6.29. The highest BCUT2D eigenvalue weighted by Crippen LogP contribution is 2.25. The summed E-state index contributed by atoms with van der Waals surface area (Å²) in [6, 6.07) is 6.07. The Bertz CT molecular complexity index is 638. The van der Waals surface area contributed by atoms with Gasteiger partial charge in [0.15, 0.2) is 0 Å². The summed E-state index contributed by atoms with van der Waals surface area (Å²) in [5.41, 5.74) is 0.418. The maximum Gasteiger partial charge on any atom is 0.335 e. The number of benzene rings is 1. The molecule has 0 saturated carbocycles. The third kappa shape index (κ3) is 3.82. The van der Waals surface area contributed by atoms with Gasteiger partial charge in [-0.2, -0.15) is 5.10 Å². The molecule has 2 rings (SSSR count). The zero-order valence-electron chi connectivity index (χ0n) is 11.4. The van der Waals surface area contributed by atoms with E-state index < -0.39 is 5.97 Å². The molecule has 0 radical (unpaired) electrons. The molecule has 1 aromatic heterocycles. The monoisotopic (exact) mass is 289 g/mol. The first-order chi connectivity index (χ1) is 10.1. The number of hydrogen-bond donors (Lipinski definition) is 2. The van der Waals surface area contributed by atoms with Gasteiger partial charge in [-0.25, -0.2) is 4.79 Å². The van der Waals surface area contributed by atoms with E-state index in [1.54, 1.807) is 23.1 Å². The average Bonchev–Trinajstić information content (AvgIpc) is 2.98. The molecule has 2 aromatic rings. The summed E-state index contributed by atoms with van der Waals surface area (Å²) < 4.78 is 6.75. The molecule has 7 nitrogen and oxygen atoms in total. The van der Waals surface area contributed by atoms with Crippen LogP contribution in [-0.4, -0.2) is 33.9 Å². The van der Waals surface area contributed by atoms with Crippen LogP contribution >= 0.6 is 0 Å². The van der Waals surface area contributed by atoms with Gasteiger partial charge < -0.3 is 15.2 Å². The molecule has 110 valence electrons. The van der Waals surface area contributed by atoms with Gasteiger partial charge in [0, 0.05) is 25.4 Å². The number of ether oxygens (including phenoxy) is 1. The quantitative estimate of drug-likeness (QED) is 0.842. The highest BCUT2D eigenvalue weighted by molar-refractivity contribution is 5.95. The number of hydrogen-bond acceptors (Lipinski definition) is 4. The van der Waals surface area contributed by atoms with E-state index in [0.717, 1.165) is 0 Å². The summed E-state index contributed by atoms with van der Waals surface area (Å²) in [6.07, 6.45) is 3.62. The van der Waals surface area contributed by atoms with E-state index in [9.17, 15) is 9.59 Å². The number of carboxylic acids is 1. The summed E-state index contributed by atoms with van der Waals surface area (Å²) in [4.78, 5) is 22.9. The molecule has 0 fully saturated rings. The molecule has 0 unspecified atom stereocenters. The third-order valence-electron chi connectivity index (χ3n) is 2.85. The maximum absolute atomic E-state index is 11.9. The molecule has 0 aliphatic carbocycles. The molecule has 0 spiro atoms. The van der Waals surface area contributed by atoms with Gasteiger partial charge in [-0.3, -0.25) is 9.48 Å². The second kappa shape index (κ2) is 6.56. The molecule has 0 aliphatic heterocycles. The van der Waals surface area contributed by atoms with Crippen LogP contribution in [0.1, 0.15) is 16.8 Å². The predicted molar refractivity (Wildman–Crippen MR) is 75.4 cm³/mol. The zero-order chi connectivity index (χ0) is 15.2. The summed E-state index contributed by atoms with van der Waals surface area (Å²) in [5, 5.41) is 15.6. The van der Waals surface area contributed by atoms with Gasteiger partial charge in [0.2, 0.25) is 5.91 Å². The van der Waals surface area contributed by atoms with E-state index in [-0.39, 0.29) is 17.9 Å². The minimum atomic E-state index is -1.07. The smallest absolute Gasteiger partial charge is 0.335 e. The van der Waals surface area contributed by atoms with Gasteiger partial charge in [-0.15, -0.1) is 0 Å². The number of anilines is 1. The number of methoxy groups -OCH3 is 1. The Kier molecular flexibility index (Phi) is 4.55. The lowest BCUT2D eigenvalue weighted by atomic mass is 10.2.